The smallest absolute Gasteiger partial charge is 0.253 e. The van der Waals surface area contributed by atoms with E-state index < -0.39 is 11.5 Å². The van der Waals surface area contributed by atoms with Crippen LogP contribution < -0.4 is 15.2 Å². The summed E-state index contributed by atoms with van der Waals surface area (Å²) in [5.41, 5.74) is 5.87. The summed E-state index contributed by atoms with van der Waals surface area (Å²) in [5, 5.41) is 10.4. The lowest BCUT2D eigenvalue weighted by atomic mass is 9.95. The van der Waals surface area contributed by atoms with E-state index in [2.05, 4.69) is 0 Å². The monoisotopic (exact) mass is 433 g/mol. The van der Waals surface area contributed by atoms with Gasteiger partial charge in [-0.05, 0) is 79.1 Å². The normalized spacial score (nSPS) is 12.6. The van der Waals surface area contributed by atoms with E-state index >= 15 is 0 Å². The number of rotatable bonds is 9. The third-order valence-corrected chi connectivity index (χ3v) is 5.30. The molecule has 6 heteroatoms. The average molecular weight is 434 g/mol. The summed E-state index contributed by atoms with van der Waals surface area (Å²) in [5.74, 6) is 0.817. The van der Waals surface area contributed by atoms with Gasteiger partial charge in [-0.25, -0.2) is 0 Å². The summed E-state index contributed by atoms with van der Waals surface area (Å²) < 4.78 is 11.2. The van der Waals surface area contributed by atoms with E-state index in [9.17, 15) is 14.7 Å². The van der Waals surface area contributed by atoms with Crippen molar-refractivity contribution in [2.75, 3.05) is 7.11 Å². The van der Waals surface area contributed by atoms with E-state index in [0.29, 0.717) is 33.9 Å². The SMILES string of the molecule is CCCc1cc(C(=O)c2ccc(OC)cc2)ccc1Oc1cccc(C(C)(O)C(N)=O)c1. The number of nitrogens with two attached hydrogens (primary N) is 1. The first-order chi connectivity index (χ1) is 15.3. The van der Waals surface area contributed by atoms with Crippen LogP contribution in [0.1, 0.15) is 47.3 Å². The highest BCUT2D eigenvalue weighted by Crippen LogP contribution is 2.31. The lowest BCUT2D eigenvalue weighted by Crippen LogP contribution is -2.38. The quantitative estimate of drug-likeness (QED) is 0.489. The number of hydrogen-bond donors (Lipinski definition) is 2. The summed E-state index contributed by atoms with van der Waals surface area (Å²) in [7, 11) is 1.58. The molecule has 0 heterocycles. The van der Waals surface area contributed by atoms with Crippen LogP contribution in [0.2, 0.25) is 0 Å². The Bertz CT molecular complexity index is 1120. The Morgan fingerprint density at radius 3 is 2.28 bits per heavy atom. The molecule has 166 valence electrons. The van der Waals surface area contributed by atoms with Gasteiger partial charge in [0.25, 0.3) is 5.91 Å². The van der Waals surface area contributed by atoms with Gasteiger partial charge in [-0.15, -0.1) is 0 Å². The van der Waals surface area contributed by atoms with Gasteiger partial charge in [-0.3, -0.25) is 9.59 Å². The van der Waals surface area contributed by atoms with Crippen molar-refractivity contribution in [1.82, 2.24) is 0 Å². The molecule has 3 aromatic carbocycles. The zero-order chi connectivity index (χ0) is 23.3. The minimum Gasteiger partial charge on any atom is -0.497 e. The highest BCUT2D eigenvalue weighted by Gasteiger charge is 2.30. The molecule has 1 amide bonds. The molecule has 0 aromatic heterocycles. The molecular formula is C26H27NO5. The van der Waals surface area contributed by atoms with Gasteiger partial charge in [0.15, 0.2) is 11.4 Å². The minimum atomic E-state index is -1.81. The summed E-state index contributed by atoms with van der Waals surface area (Å²) in [6, 6.07) is 18.9. The number of aryl methyl sites for hydroxylation is 1. The van der Waals surface area contributed by atoms with Crippen molar-refractivity contribution in [3.05, 3.63) is 89.0 Å². The highest BCUT2D eigenvalue weighted by atomic mass is 16.5. The van der Waals surface area contributed by atoms with Crippen molar-refractivity contribution in [2.24, 2.45) is 5.73 Å². The van der Waals surface area contributed by atoms with Crippen LogP contribution in [0, 0.1) is 0 Å². The maximum Gasteiger partial charge on any atom is 0.253 e. The summed E-state index contributed by atoms with van der Waals surface area (Å²) in [6.07, 6.45) is 1.59. The van der Waals surface area contributed by atoms with E-state index in [4.69, 9.17) is 15.2 Å². The second kappa shape index (κ2) is 9.66. The fraction of sp³-hybridized carbons (Fsp3) is 0.231. The summed E-state index contributed by atoms with van der Waals surface area (Å²) in [4.78, 5) is 24.5. The van der Waals surface area contributed by atoms with Gasteiger partial charge in [-0.1, -0.05) is 25.5 Å². The van der Waals surface area contributed by atoms with Crippen LogP contribution in [-0.2, 0) is 16.8 Å². The first-order valence-corrected chi connectivity index (χ1v) is 10.4. The Kier molecular flexibility index (Phi) is 6.95. The molecule has 0 spiro atoms. The molecule has 0 aliphatic heterocycles. The lowest BCUT2D eigenvalue weighted by molar-refractivity contribution is -0.135. The third kappa shape index (κ3) is 4.98. The Hall–Kier alpha value is -3.64. The summed E-state index contributed by atoms with van der Waals surface area (Å²) in [6.45, 7) is 3.39. The van der Waals surface area contributed by atoms with Crippen molar-refractivity contribution < 1.29 is 24.2 Å². The Balaban J connectivity index is 1.90. The predicted molar refractivity (Wildman–Crippen MR) is 122 cm³/mol. The number of ether oxygens (including phenoxy) is 2. The molecule has 6 nitrogen and oxygen atoms in total. The largest absolute Gasteiger partial charge is 0.497 e. The molecule has 0 aliphatic carbocycles. The van der Waals surface area contributed by atoms with Crippen LogP contribution in [0.4, 0.5) is 0 Å². The van der Waals surface area contributed by atoms with Crippen molar-refractivity contribution in [2.45, 2.75) is 32.3 Å². The van der Waals surface area contributed by atoms with E-state index in [1.54, 1.807) is 67.8 Å². The third-order valence-electron chi connectivity index (χ3n) is 5.30. The maximum atomic E-state index is 12.9. The molecular weight excluding hydrogens is 406 g/mol. The molecule has 0 saturated heterocycles. The Morgan fingerprint density at radius 2 is 1.66 bits per heavy atom. The number of ketones is 1. The van der Waals surface area contributed by atoms with Gasteiger partial charge in [0, 0.05) is 11.1 Å². The number of carbonyl (C=O) groups is 2. The van der Waals surface area contributed by atoms with Crippen LogP contribution in [0.3, 0.4) is 0 Å². The van der Waals surface area contributed by atoms with E-state index in [1.807, 2.05) is 13.0 Å². The predicted octanol–water partition coefficient (Wildman–Crippen LogP) is 4.36. The van der Waals surface area contributed by atoms with Crippen LogP contribution in [0.15, 0.2) is 66.7 Å². The van der Waals surface area contributed by atoms with Crippen LogP contribution in [-0.4, -0.2) is 23.9 Å². The standard InChI is InChI=1S/C26H27NO5/c1-4-6-18-15-19(24(28)17-9-12-21(31-3)13-10-17)11-14-23(18)32-22-8-5-7-20(16-22)26(2,30)25(27)29/h5,7-16,30H,4,6H2,1-3H3,(H2,27,29). The molecule has 0 radical (unpaired) electrons. The zero-order valence-corrected chi connectivity index (χ0v) is 18.4. The second-order valence-corrected chi connectivity index (χ2v) is 7.70. The van der Waals surface area contributed by atoms with Crippen LogP contribution >= 0.6 is 0 Å². The number of methoxy groups -OCH3 is 1. The fourth-order valence-corrected chi connectivity index (χ4v) is 3.33. The molecule has 3 N–H and O–H groups in total. The number of amides is 1. The molecule has 32 heavy (non-hydrogen) atoms. The molecule has 0 fully saturated rings. The van der Waals surface area contributed by atoms with Gasteiger partial charge >= 0.3 is 0 Å². The lowest BCUT2D eigenvalue weighted by Gasteiger charge is -2.20. The zero-order valence-electron chi connectivity index (χ0n) is 18.4. The number of primary amides is 1. The number of carbonyl (C=O) groups excluding carboxylic acids is 2. The molecule has 1 atom stereocenters. The van der Waals surface area contributed by atoms with Gasteiger partial charge < -0.3 is 20.3 Å². The van der Waals surface area contributed by atoms with Crippen molar-refractivity contribution in [1.29, 1.82) is 0 Å². The number of benzene rings is 3. The molecule has 0 bridgehead atoms. The van der Waals surface area contributed by atoms with Crippen molar-refractivity contribution in [3.63, 3.8) is 0 Å². The van der Waals surface area contributed by atoms with E-state index in [0.717, 1.165) is 18.4 Å². The topological polar surface area (TPSA) is 98.8 Å². The van der Waals surface area contributed by atoms with E-state index in [1.165, 1.54) is 6.92 Å². The molecule has 3 aromatic rings. The van der Waals surface area contributed by atoms with Gasteiger partial charge in [-0.2, -0.15) is 0 Å². The van der Waals surface area contributed by atoms with Gasteiger partial charge in [0.05, 0.1) is 7.11 Å². The maximum absolute atomic E-state index is 12.9. The number of aliphatic hydroxyl groups is 1. The minimum absolute atomic E-state index is 0.0870. The summed E-state index contributed by atoms with van der Waals surface area (Å²) >= 11 is 0. The number of hydrogen-bond acceptors (Lipinski definition) is 5. The molecule has 0 aliphatic rings. The average Bonchev–Trinajstić information content (AvgIpc) is 2.80. The van der Waals surface area contributed by atoms with Crippen molar-refractivity contribution >= 4 is 11.7 Å². The molecule has 3 rings (SSSR count). The van der Waals surface area contributed by atoms with Gasteiger partial charge in [0.2, 0.25) is 0 Å². The molecule has 1 unspecified atom stereocenters. The second-order valence-electron chi connectivity index (χ2n) is 7.70. The molecule has 0 saturated carbocycles. The fourth-order valence-electron chi connectivity index (χ4n) is 3.33. The highest BCUT2D eigenvalue weighted by molar-refractivity contribution is 6.09. The first-order valence-electron chi connectivity index (χ1n) is 10.4. The van der Waals surface area contributed by atoms with Crippen LogP contribution in [0.25, 0.3) is 0 Å². The van der Waals surface area contributed by atoms with E-state index in [-0.39, 0.29) is 5.78 Å². The van der Waals surface area contributed by atoms with Gasteiger partial charge in [0.1, 0.15) is 17.2 Å². The van der Waals surface area contributed by atoms with Crippen molar-refractivity contribution in [3.8, 4) is 17.2 Å². The first kappa shape index (κ1) is 23.0. The Morgan fingerprint density at radius 1 is 0.969 bits per heavy atom. The Labute approximate surface area is 187 Å². The van der Waals surface area contributed by atoms with Crippen LogP contribution in [0.5, 0.6) is 17.2 Å².